The molecule has 33 heavy (non-hydrogen) atoms. The van der Waals surface area contributed by atoms with Crippen LogP contribution in [0.3, 0.4) is 0 Å². The molecule has 2 aromatic rings. The van der Waals surface area contributed by atoms with Gasteiger partial charge in [-0.15, -0.1) is 0 Å². The Bertz CT molecular complexity index is 1140. The van der Waals surface area contributed by atoms with E-state index < -0.39 is 15.9 Å². The van der Waals surface area contributed by atoms with Gasteiger partial charge in [-0.25, -0.2) is 14.7 Å². The van der Waals surface area contributed by atoms with Gasteiger partial charge in [0.25, 0.3) is 15.9 Å². The minimum Gasteiger partial charge on any atom is -0.384 e. The third-order valence-electron chi connectivity index (χ3n) is 5.74. The van der Waals surface area contributed by atoms with Gasteiger partial charge in [0.1, 0.15) is 11.6 Å². The summed E-state index contributed by atoms with van der Waals surface area (Å²) < 4.78 is 27.8. The van der Waals surface area contributed by atoms with Crippen LogP contribution < -0.4 is 15.4 Å². The van der Waals surface area contributed by atoms with Gasteiger partial charge < -0.3 is 10.6 Å². The summed E-state index contributed by atoms with van der Waals surface area (Å²) in [5.74, 6) is 0.204. The molecule has 0 bridgehead atoms. The molecule has 9 heteroatoms. The summed E-state index contributed by atoms with van der Waals surface area (Å²) in [7, 11) is -4.20. The summed E-state index contributed by atoms with van der Waals surface area (Å²) in [6.45, 7) is 9.22. The SMILES string of the molecule is CCCC/C=C/c1cnc(N2CC(C)CC2(C)C)c(C(=O)NS(=O)(=O)c2cccc(N)n2)c1. The molecule has 1 saturated heterocycles. The van der Waals surface area contributed by atoms with Crippen molar-refractivity contribution in [2.24, 2.45) is 5.92 Å². The van der Waals surface area contributed by atoms with Crippen LogP contribution in [0.15, 0.2) is 41.6 Å². The Labute approximate surface area is 196 Å². The summed E-state index contributed by atoms with van der Waals surface area (Å²) in [5, 5.41) is -0.309. The number of unbranched alkanes of at least 4 members (excludes halogenated alkanes) is 2. The van der Waals surface area contributed by atoms with Gasteiger partial charge in [-0.3, -0.25) is 4.79 Å². The second-order valence-corrected chi connectivity index (χ2v) is 10.9. The van der Waals surface area contributed by atoms with Crippen molar-refractivity contribution in [2.45, 2.75) is 63.9 Å². The second-order valence-electron chi connectivity index (χ2n) is 9.25. The lowest BCUT2D eigenvalue weighted by atomic mass is 9.97. The first-order chi connectivity index (χ1) is 15.5. The van der Waals surface area contributed by atoms with E-state index in [0.29, 0.717) is 11.7 Å². The molecule has 3 rings (SSSR count). The maximum atomic E-state index is 13.3. The summed E-state index contributed by atoms with van der Waals surface area (Å²) in [4.78, 5) is 23.8. The number of aromatic nitrogens is 2. The number of allylic oxidation sites excluding steroid dienone is 1. The standard InChI is InChI=1S/C24H33N5O3S/c1-5-6-7-8-10-18-13-19(22(26-15-18)29-16-17(2)14-24(29,3)4)23(30)28-33(31,32)21-12-9-11-20(25)27-21/h8-13,15,17H,5-7,14,16H2,1-4H3,(H2,25,27)(H,28,30)/b10-8+. The normalized spacial score (nSPS) is 18.1. The van der Waals surface area contributed by atoms with Crippen LogP contribution in [0.4, 0.5) is 11.6 Å². The minimum atomic E-state index is -4.20. The van der Waals surface area contributed by atoms with Crippen LogP contribution in [0.1, 0.15) is 69.3 Å². The molecular formula is C24H33N5O3S. The summed E-state index contributed by atoms with van der Waals surface area (Å²) in [5.41, 5.74) is 6.36. The van der Waals surface area contributed by atoms with Crippen LogP contribution in [-0.4, -0.2) is 36.4 Å². The second kappa shape index (κ2) is 9.91. The number of hydrogen-bond acceptors (Lipinski definition) is 7. The number of nitrogens with one attached hydrogen (secondary N) is 1. The van der Waals surface area contributed by atoms with E-state index in [0.717, 1.165) is 37.8 Å². The fourth-order valence-electron chi connectivity index (χ4n) is 4.26. The summed E-state index contributed by atoms with van der Waals surface area (Å²) in [6, 6.07) is 5.95. The zero-order valence-electron chi connectivity index (χ0n) is 19.7. The molecule has 8 nitrogen and oxygen atoms in total. The average Bonchev–Trinajstić information content (AvgIpc) is 3.02. The zero-order valence-corrected chi connectivity index (χ0v) is 20.5. The molecular weight excluding hydrogens is 438 g/mol. The van der Waals surface area contributed by atoms with Gasteiger partial charge in [0.15, 0.2) is 5.03 Å². The monoisotopic (exact) mass is 471 g/mol. The number of hydrogen-bond donors (Lipinski definition) is 2. The number of rotatable bonds is 8. The van der Waals surface area contributed by atoms with Gasteiger partial charge in [0, 0.05) is 18.3 Å². The number of anilines is 2. The number of nitrogens with two attached hydrogens (primary N) is 1. The number of nitrogens with zero attached hydrogens (tertiary/aromatic N) is 3. The first kappa shape index (κ1) is 24.7. The Morgan fingerprint density at radius 1 is 1.36 bits per heavy atom. The topological polar surface area (TPSA) is 118 Å². The lowest BCUT2D eigenvalue weighted by Crippen LogP contribution is -2.41. The third kappa shape index (κ3) is 5.90. The Morgan fingerprint density at radius 3 is 2.76 bits per heavy atom. The van der Waals surface area contributed by atoms with E-state index in [1.54, 1.807) is 12.3 Å². The number of pyridine rings is 2. The van der Waals surface area contributed by atoms with Crippen LogP contribution in [0.2, 0.25) is 0 Å². The lowest BCUT2D eigenvalue weighted by Gasteiger charge is -2.33. The smallest absolute Gasteiger partial charge is 0.281 e. The predicted octanol–water partition coefficient (Wildman–Crippen LogP) is 4.01. The molecule has 1 aliphatic heterocycles. The van der Waals surface area contributed by atoms with Crippen molar-refractivity contribution in [3.8, 4) is 0 Å². The summed E-state index contributed by atoms with van der Waals surface area (Å²) in [6.07, 6.45) is 9.70. The molecule has 0 aromatic carbocycles. The number of nitrogen functional groups attached to an aromatic ring is 1. The molecule has 1 fully saturated rings. The molecule has 178 valence electrons. The van der Waals surface area contributed by atoms with Gasteiger partial charge in [-0.2, -0.15) is 8.42 Å². The maximum Gasteiger partial charge on any atom is 0.281 e. The molecule has 0 spiro atoms. The van der Waals surface area contributed by atoms with Crippen LogP contribution in [0.25, 0.3) is 6.08 Å². The number of carbonyl (C=O) groups is 1. The fourth-order valence-corrected chi connectivity index (χ4v) is 5.20. The Hall–Kier alpha value is -2.94. The first-order valence-corrected chi connectivity index (χ1v) is 12.8. The van der Waals surface area contributed by atoms with Crippen molar-refractivity contribution in [1.82, 2.24) is 14.7 Å². The Kier molecular flexibility index (Phi) is 7.41. The van der Waals surface area contributed by atoms with Crippen LogP contribution in [0.5, 0.6) is 0 Å². The largest absolute Gasteiger partial charge is 0.384 e. The average molecular weight is 472 g/mol. The van der Waals surface area contributed by atoms with E-state index in [9.17, 15) is 13.2 Å². The minimum absolute atomic E-state index is 0.0553. The van der Waals surface area contributed by atoms with E-state index in [1.165, 1.54) is 18.2 Å². The zero-order chi connectivity index (χ0) is 24.2. The highest BCUT2D eigenvalue weighted by atomic mass is 32.2. The number of carbonyl (C=O) groups excluding carboxylic acids is 1. The molecule has 0 saturated carbocycles. The Morgan fingerprint density at radius 2 is 2.12 bits per heavy atom. The molecule has 1 aliphatic rings. The van der Waals surface area contributed by atoms with E-state index in [1.807, 2.05) is 12.2 Å². The molecule has 1 unspecified atom stereocenters. The highest BCUT2D eigenvalue weighted by Crippen LogP contribution is 2.37. The van der Waals surface area contributed by atoms with Crippen LogP contribution in [-0.2, 0) is 10.0 Å². The van der Waals surface area contributed by atoms with Crippen molar-refractivity contribution < 1.29 is 13.2 Å². The molecule has 1 atom stereocenters. The van der Waals surface area contributed by atoms with Gasteiger partial charge in [-0.1, -0.05) is 44.9 Å². The first-order valence-electron chi connectivity index (χ1n) is 11.3. The van der Waals surface area contributed by atoms with Crippen molar-refractivity contribution in [1.29, 1.82) is 0 Å². The maximum absolute atomic E-state index is 13.3. The number of amides is 1. The van der Waals surface area contributed by atoms with Crippen molar-refractivity contribution in [2.75, 3.05) is 17.2 Å². The van der Waals surface area contributed by atoms with Crippen molar-refractivity contribution >= 4 is 33.6 Å². The van der Waals surface area contributed by atoms with Crippen LogP contribution in [0, 0.1) is 5.92 Å². The van der Waals surface area contributed by atoms with Crippen LogP contribution >= 0.6 is 0 Å². The molecule has 0 radical (unpaired) electrons. The van der Waals surface area contributed by atoms with E-state index in [2.05, 4.69) is 47.3 Å². The van der Waals surface area contributed by atoms with E-state index >= 15 is 0 Å². The third-order valence-corrected chi connectivity index (χ3v) is 6.98. The molecule has 0 aliphatic carbocycles. The molecule has 3 heterocycles. The number of sulfonamides is 1. The van der Waals surface area contributed by atoms with E-state index in [-0.39, 0.29) is 21.9 Å². The summed E-state index contributed by atoms with van der Waals surface area (Å²) >= 11 is 0. The fraction of sp³-hybridized carbons (Fsp3) is 0.458. The van der Waals surface area contributed by atoms with Gasteiger partial charge in [-0.05, 0) is 56.4 Å². The molecule has 3 N–H and O–H groups in total. The lowest BCUT2D eigenvalue weighted by molar-refractivity contribution is 0.0981. The predicted molar refractivity (Wildman–Crippen MR) is 131 cm³/mol. The quantitative estimate of drug-likeness (QED) is 0.559. The highest BCUT2D eigenvalue weighted by molar-refractivity contribution is 7.90. The Balaban J connectivity index is 1.99. The van der Waals surface area contributed by atoms with Gasteiger partial charge in [0.2, 0.25) is 0 Å². The molecule has 1 amide bonds. The van der Waals surface area contributed by atoms with Crippen molar-refractivity contribution in [3.05, 3.63) is 47.7 Å². The highest BCUT2D eigenvalue weighted by Gasteiger charge is 2.39. The molecule has 2 aromatic heterocycles. The van der Waals surface area contributed by atoms with E-state index in [4.69, 9.17) is 5.73 Å². The van der Waals surface area contributed by atoms with Gasteiger partial charge >= 0.3 is 0 Å². The van der Waals surface area contributed by atoms with Crippen molar-refractivity contribution in [3.63, 3.8) is 0 Å². The van der Waals surface area contributed by atoms with Gasteiger partial charge in [0.05, 0.1) is 5.56 Å².